The fourth-order valence-electron chi connectivity index (χ4n) is 4.62. The lowest BCUT2D eigenvalue weighted by Crippen LogP contribution is -2.46. The monoisotopic (exact) mass is 503 g/mol. The lowest BCUT2D eigenvalue weighted by molar-refractivity contribution is -0.125. The number of benzene rings is 1. The van der Waals surface area contributed by atoms with E-state index in [9.17, 15) is 19.5 Å². The zero-order chi connectivity index (χ0) is 26.7. The summed E-state index contributed by atoms with van der Waals surface area (Å²) in [5.41, 5.74) is 0.691. The summed E-state index contributed by atoms with van der Waals surface area (Å²) in [7, 11) is 3.27. The van der Waals surface area contributed by atoms with Crippen LogP contribution in [-0.4, -0.2) is 67.1 Å². The van der Waals surface area contributed by atoms with Crippen molar-refractivity contribution in [3.8, 4) is 5.75 Å². The van der Waals surface area contributed by atoms with Crippen LogP contribution in [0.3, 0.4) is 0 Å². The molecule has 1 aromatic rings. The Labute approximate surface area is 216 Å². The predicted molar refractivity (Wildman–Crippen MR) is 141 cm³/mol. The Morgan fingerprint density at radius 3 is 2.64 bits per heavy atom. The van der Waals surface area contributed by atoms with Crippen LogP contribution < -0.4 is 15.4 Å². The molecule has 0 aliphatic carbocycles. The van der Waals surface area contributed by atoms with Crippen LogP contribution >= 0.6 is 0 Å². The van der Waals surface area contributed by atoms with Crippen molar-refractivity contribution in [2.75, 3.05) is 27.2 Å². The highest BCUT2D eigenvalue weighted by Gasteiger charge is 2.28. The number of carbonyl (C=O) groups is 3. The number of amides is 3. The quantitative estimate of drug-likeness (QED) is 0.468. The van der Waals surface area contributed by atoms with Crippen LogP contribution in [-0.2, 0) is 4.79 Å². The van der Waals surface area contributed by atoms with E-state index in [4.69, 9.17) is 4.74 Å². The summed E-state index contributed by atoms with van der Waals surface area (Å²) in [6.45, 7) is 7.27. The van der Waals surface area contributed by atoms with Crippen molar-refractivity contribution in [1.82, 2.24) is 15.5 Å². The summed E-state index contributed by atoms with van der Waals surface area (Å²) in [5.74, 6) is -0.297. The van der Waals surface area contributed by atoms with Crippen molar-refractivity contribution >= 4 is 17.7 Å². The van der Waals surface area contributed by atoms with Gasteiger partial charge in [0, 0.05) is 37.2 Å². The number of carbonyl (C=O) groups excluding carboxylic acids is 3. The highest BCUT2D eigenvalue weighted by Crippen LogP contribution is 2.23. The first-order valence-electron chi connectivity index (χ1n) is 13.4. The van der Waals surface area contributed by atoms with Crippen LogP contribution in [0.4, 0.5) is 0 Å². The van der Waals surface area contributed by atoms with Crippen molar-refractivity contribution in [1.29, 1.82) is 0 Å². The van der Waals surface area contributed by atoms with Gasteiger partial charge in [-0.25, -0.2) is 0 Å². The van der Waals surface area contributed by atoms with Gasteiger partial charge in [0.1, 0.15) is 5.75 Å². The molecule has 0 saturated heterocycles. The summed E-state index contributed by atoms with van der Waals surface area (Å²) in [6, 6.07) is 4.30. The highest BCUT2D eigenvalue weighted by atomic mass is 16.5. The zero-order valence-corrected chi connectivity index (χ0v) is 22.6. The fourth-order valence-corrected chi connectivity index (χ4v) is 4.62. The fraction of sp³-hybridized carbons (Fsp3) is 0.679. The molecule has 8 heteroatoms. The predicted octanol–water partition coefficient (Wildman–Crippen LogP) is 3.77. The lowest BCUT2D eigenvalue weighted by atomic mass is 9.89. The molecule has 0 aromatic heterocycles. The Kier molecular flexibility index (Phi) is 12.2. The second-order valence-corrected chi connectivity index (χ2v) is 10.3. The minimum absolute atomic E-state index is 0.0842. The molecule has 3 amide bonds. The lowest BCUT2D eigenvalue weighted by Gasteiger charge is -2.28. The van der Waals surface area contributed by atoms with Crippen LogP contribution in [0.2, 0.25) is 0 Å². The topological polar surface area (TPSA) is 108 Å². The Morgan fingerprint density at radius 1 is 1.22 bits per heavy atom. The molecule has 8 nitrogen and oxygen atoms in total. The van der Waals surface area contributed by atoms with E-state index in [1.54, 1.807) is 37.1 Å². The molecule has 2 rings (SSSR count). The molecule has 202 valence electrons. The molecule has 3 unspecified atom stereocenters. The minimum atomic E-state index is -0.878. The van der Waals surface area contributed by atoms with Gasteiger partial charge in [-0.2, -0.15) is 0 Å². The molecular formula is C28H45N3O5. The second-order valence-electron chi connectivity index (χ2n) is 10.3. The normalized spacial score (nSPS) is 21.6. The number of methoxy groups -OCH3 is 1. The van der Waals surface area contributed by atoms with Gasteiger partial charge in [0.2, 0.25) is 5.91 Å². The molecule has 0 spiro atoms. The third-order valence-electron chi connectivity index (χ3n) is 7.00. The third-order valence-corrected chi connectivity index (χ3v) is 7.00. The van der Waals surface area contributed by atoms with E-state index in [1.807, 2.05) is 0 Å². The standard InChI is InChI=1S/C28H45N3O5/c1-6-7-12-29-26(33)20(3)15-25(32)24-14-19(2)11-9-8-10-13-31(4)28(35)22-16-21(27(34)30-24)17-23(18-22)36-5/h16-20,24-25,32H,6-15H2,1-5H3,(H,29,33)(H,30,34)/t19-,20?,24?,25?/m1/s1. The molecule has 36 heavy (non-hydrogen) atoms. The van der Waals surface area contributed by atoms with Crippen LogP contribution in [0, 0.1) is 11.8 Å². The summed E-state index contributed by atoms with van der Waals surface area (Å²) in [6.07, 6.45) is 5.77. The highest BCUT2D eigenvalue weighted by molar-refractivity contribution is 6.00. The molecule has 1 heterocycles. The molecule has 1 aromatic carbocycles. The number of ether oxygens (including phenoxy) is 1. The molecule has 0 radical (unpaired) electrons. The van der Waals surface area contributed by atoms with Crippen molar-refractivity contribution < 1.29 is 24.2 Å². The zero-order valence-electron chi connectivity index (χ0n) is 22.6. The maximum Gasteiger partial charge on any atom is 0.253 e. The number of nitrogens with one attached hydrogen (secondary N) is 2. The number of unbranched alkanes of at least 4 members (excludes halogenated alkanes) is 1. The van der Waals surface area contributed by atoms with E-state index in [0.717, 1.165) is 38.5 Å². The molecule has 0 saturated carbocycles. The van der Waals surface area contributed by atoms with Crippen LogP contribution in [0.25, 0.3) is 0 Å². The van der Waals surface area contributed by atoms with E-state index >= 15 is 0 Å². The first kappa shape index (κ1) is 29.6. The van der Waals surface area contributed by atoms with Gasteiger partial charge in [0.25, 0.3) is 11.8 Å². The number of rotatable bonds is 8. The third kappa shape index (κ3) is 9.12. The van der Waals surface area contributed by atoms with Gasteiger partial charge in [0.05, 0.1) is 19.3 Å². The van der Waals surface area contributed by atoms with E-state index in [1.165, 1.54) is 7.11 Å². The summed E-state index contributed by atoms with van der Waals surface area (Å²) in [4.78, 5) is 40.4. The summed E-state index contributed by atoms with van der Waals surface area (Å²) >= 11 is 0. The van der Waals surface area contributed by atoms with Gasteiger partial charge in [0.15, 0.2) is 0 Å². The number of hydrogen-bond donors (Lipinski definition) is 3. The minimum Gasteiger partial charge on any atom is -0.497 e. The smallest absolute Gasteiger partial charge is 0.253 e. The molecule has 1 aliphatic heterocycles. The van der Waals surface area contributed by atoms with Gasteiger partial charge >= 0.3 is 0 Å². The average Bonchev–Trinajstić information content (AvgIpc) is 2.86. The first-order valence-corrected chi connectivity index (χ1v) is 13.4. The molecule has 1 aliphatic rings. The molecular weight excluding hydrogens is 458 g/mol. The van der Waals surface area contributed by atoms with Gasteiger partial charge in [-0.15, -0.1) is 0 Å². The average molecular weight is 504 g/mol. The largest absolute Gasteiger partial charge is 0.497 e. The van der Waals surface area contributed by atoms with Gasteiger partial charge in [-0.05, 0) is 49.8 Å². The maximum atomic E-state index is 13.3. The molecule has 4 atom stereocenters. The van der Waals surface area contributed by atoms with E-state index in [-0.39, 0.29) is 36.0 Å². The number of hydrogen-bond acceptors (Lipinski definition) is 5. The number of nitrogens with zero attached hydrogens (tertiary/aromatic N) is 1. The molecule has 2 bridgehead atoms. The Balaban J connectivity index is 2.27. The van der Waals surface area contributed by atoms with Gasteiger partial charge in [-0.1, -0.05) is 46.5 Å². The summed E-state index contributed by atoms with van der Waals surface area (Å²) < 4.78 is 5.36. The van der Waals surface area contributed by atoms with Crippen molar-refractivity contribution in [2.45, 2.75) is 84.3 Å². The van der Waals surface area contributed by atoms with Gasteiger partial charge in [-0.3, -0.25) is 14.4 Å². The molecule has 0 fully saturated rings. The summed E-state index contributed by atoms with van der Waals surface area (Å²) in [5, 5.41) is 17.0. The van der Waals surface area contributed by atoms with E-state index < -0.39 is 12.1 Å². The first-order chi connectivity index (χ1) is 17.2. The Morgan fingerprint density at radius 2 is 1.94 bits per heavy atom. The van der Waals surface area contributed by atoms with Crippen molar-refractivity contribution in [2.24, 2.45) is 11.8 Å². The number of aliphatic hydroxyl groups excluding tert-OH is 1. The van der Waals surface area contributed by atoms with Crippen LogP contribution in [0.15, 0.2) is 18.2 Å². The van der Waals surface area contributed by atoms with E-state index in [2.05, 4.69) is 24.5 Å². The molecule has 3 N–H and O–H groups in total. The maximum absolute atomic E-state index is 13.3. The SMILES string of the molecule is CCCCNC(=O)C(C)CC(O)C1C[C@H](C)CCCCCN(C)C(=O)c2cc(OC)cc(c2)C(=O)N1. The Bertz CT molecular complexity index is 875. The number of aliphatic hydroxyl groups is 1. The number of fused-ring (bicyclic) bond motifs is 2. The second kappa shape index (κ2) is 14.8. The van der Waals surface area contributed by atoms with Crippen LogP contribution in [0.5, 0.6) is 5.75 Å². The van der Waals surface area contributed by atoms with E-state index in [0.29, 0.717) is 36.4 Å². The van der Waals surface area contributed by atoms with Gasteiger partial charge < -0.3 is 25.4 Å². The Hall–Kier alpha value is -2.61. The van der Waals surface area contributed by atoms with Crippen molar-refractivity contribution in [3.63, 3.8) is 0 Å². The van der Waals surface area contributed by atoms with Crippen LogP contribution in [0.1, 0.15) is 92.9 Å². The van der Waals surface area contributed by atoms with Crippen molar-refractivity contribution in [3.05, 3.63) is 29.3 Å².